The first kappa shape index (κ1) is 8.08. The fourth-order valence-corrected chi connectivity index (χ4v) is 1.84. The van der Waals surface area contributed by atoms with E-state index < -0.39 is 0 Å². The van der Waals surface area contributed by atoms with Crippen molar-refractivity contribution in [2.75, 3.05) is 0 Å². The molecule has 0 saturated carbocycles. The summed E-state index contributed by atoms with van der Waals surface area (Å²) in [6.45, 7) is 10.6. The lowest BCUT2D eigenvalue weighted by atomic mass is 10.2. The van der Waals surface area contributed by atoms with Crippen molar-refractivity contribution in [2.24, 2.45) is 0 Å². The number of rotatable bonds is 0. The molecule has 0 aliphatic rings. The molecule has 0 bridgehead atoms. The van der Waals surface area contributed by atoms with Crippen molar-refractivity contribution >= 4 is 27.6 Å². The predicted molar refractivity (Wildman–Crippen MR) is 50.9 cm³/mol. The fourth-order valence-electron chi connectivity index (χ4n) is 1.18. The Labute approximate surface area is 79.2 Å². The van der Waals surface area contributed by atoms with Crippen molar-refractivity contribution in [3.8, 4) is 0 Å². The minimum Gasteiger partial charge on any atom is -0.360 e. The summed E-state index contributed by atoms with van der Waals surface area (Å²) < 4.78 is 4.82. The van der Waals surface area contributed by atoms with Gasteiger partial charge in [-0.15, -0.1) is 10.1 Å². The molecule has 0 saturated heterocycles. The summed E-state index contributed by atoms with van der Waals surface area (Å²) in [6.07, 6.45) is 0. The van der Waals surface area contributed by atoms with Crippen LogP contribution in [0.15, 0.2) is 0 Å². The molecular weight excluding hydrogens is 184 g/mol. The van der Waals surface area contributed by atoms with E-state index >= 15 is 0 Å². The standard InChI is InChI=1S/C8H6N4S/c1-4-6-7(13-12-11-6)5(2)10-8(4)9-3/h1-2H3. The Morgan fingerprint density at radius 2 is 2.15 bits per heavy atom. The molecule has 0 amide bonds. The van der Waals surface area contributed by atoms with Gasteiger partial charge in [-0.05, 0) is 18.5 Å². The number of fused-ring (bicyclic) bond motifs is 1. The van der Waals surface area contributed by atoms with Crippen LogP contribution in [0, 0.1) is 20.4 Å². The smallest absolute Gasteiger partial charge is 0.275 e. The SMILES string of the molecule is [C-]#[N+]c1nc(C)c2snnc2c1C. The van der Waals surface area contributed by atoms with Crippen molar-refractivity contribution in [3.05, 3.63) is 22.7 Å². The Bertz CT molecular complexity index is 509. The summed E-state index contributed by atoms with van der Waals surface area (Å²) >= 11 is 1.32. The van der Waals surface area contributed by atoms with E-state index in [1.807, 2.05) is 13.8 Å². The van der Waals surface area contributed by atoms with Gasteiger partial charge >= 0.3 is 0 Å². The molecule has 0 aromatic carbocycles. The number of aryl methyl sites for hydroxylation is 2. The number of nitrogens with zero attached hydrogens (tertiary/aromatic N) is 4. The molecule has 2 rings (SSSR count). The van der Waals surface area contributed by atoms with E-state index in [-0.39, 0.29) is 0 Å². The van der Waals surface area contributed by atoms with Gasteiger partial charge in [-0.1, -0.05) is 11.1 Å². The highest BCUT2D eigenvalue weighted by Gasteiger charge is 2.12. The van der Waals surface area contributed by atoms with Gasteiger partial charge in [0.1, 0.15) is 15.9 Å². The largest absolute Gasteiger partial charge is 0.360 e. The van der Waals surface area contributed by atoms with Gasteiger partial charge in [0.05, 0.1) is 0 Å². The van der Waals surface area contributed by atoms with Crippen molar-refractivity contribution in [2.45, 2.75) is 13.8 Å². The van der Waals surface area contributed by atoms with Gasteiger partial charge in [0, 0.05) is 12.5 Å². The first-order valence-electron chi connectivity index (χ1n) is 3.70. The maximum atomic E-state index is 6.93. The second kappa shape index (κ2) is 2.75. The maximum Gasteiger partial charge on any atom is 0.275 e. The molecule has 0 unspecified atom stereocenters. The molecule has 2 aromatic rings. The van der Waals surface area contributed by atoms with Gasteiger partial charge in [-0.2, -0.15) is 0 Å². The van der Waals surface area contributed by atoms with Crippen LogP contribution in [0.25, 0.3) is 15.1 Å². The molecule has 4 nitrogen and oxygen atoms in total. The minimum absolute atomic E-state index is 0.428. The Morgan fingerprint density at radius 3 is 2.85 bits per heavy atom. The number of pyridine rings is 1. The molecule has 5 heteroatoms. The summed E-state index contributed by atoms with van der Waals surface area (Å²) in [6, 6.07) is 0. The zero-order valence-corrected chi connectivity index (χ0v) is 8.01. The second-order valence-corrected chi connectivity index (χ2v) is 3.46. The van der Waals surface area contributed by atoms with Crippen molar-refractivity contribution in [1.82, 2.24) is 14.6 Å². The first-order valence-corrected chi connectivity index (χ1v) is 4.48. The van der Waals surface area contributed by atoms with E-state index in [0.717, 1.165) is 21.5 Å². The Morgan fingerprint density at radius 1 is 1.38 bits per heavy atom. The van der Waals surface area contributed by atoms with Crippen LogP contribution in [0.4, 0.5) is 5.82 Å². The van der Waals surface area contributed by atoms with Gasteiger partial charge in [-0.3, -0.25) is 0 Å². The molecule has 0 atom stereocenters. The van der Waals surface area contributed by atoms with E-state index in [4.69, 9.17) is 6.57 Å². The highest BCUT2D eigenvalue weighted by molar-refractivity contribution is 7.13. The Hall–Kier alpha value is -1.54. The number of hydrogen-bond donors (Lipinski definition) is 0. The van der Waals surface area contributed by atoms with Crippen LogP contribution < -0.4 is 0 Å². The highest BCUT2D eigenvalue weighted by atomic mass is 32.1. The van der Waals surface area contributed by atoms with E-state index in [2.05, 4.69) is 19.4 Å². The highest BCUT2D eigenvalue weighted by Crippen LogP contribution is 2.27. The third-order valence-electron chi connectivity index (χ3n) is 1.89. The van der Waals surface area contributed by atoms with Gasteiger partial charge in [0.2, 0.25) is 0 Å². The normalized spacial score (nSPS) is 10.2. The van der Waals surface area contributed by atoms with E-state index in [1.54, 1.807) is 0 Å². The lowest BCUT2D eigenvalue weighted by Crippen LogP contribution is -1.86. The van der Waals surface area contributed by atoms with Crippen LogP contribution in [0.3, 0.4) is 0 Å². The van der Waals surface area contributed by atoms with Crippen LogP contribution in [0.5, 0.6) is 0 Å². The molecule has 2 heterocycles. The predicted octanol–water partition coefficient (Wildman–Crippen LogP) is 2.25. The molecule has 0 N–H and O–H groups in total. The number of aromatic nitrogens is 3. The summed E-state index contributed by atoms with van der Waals surface area (Å²) in [5.74, 6) is 0.428. The summed E-state index contributed by atoms with van der Waals surface area (Å²) in [5.41, 5.74) is 2.47. The quantitative estimate of drug-likeness (QED) is 0.598. The molecule has 0 aliphatic heterocycles. The lowest BCUT2D eigenvalue weighted by molar-refractivity contribution is 1.17. The van der Waals surface area contributed by atoms with Gasteiger partial charge < -0.3 is 4.85 Å². The Balaban J connectivity index is 2.95. The molecular formula is C8H6N4S. The molecule has 0 spiro atoms. The van der Waals surface area contributed by atoms with Crippen LogP contribution >= 0.6 is 11.5 Å². The monoisotopic (exact) mass is 190 g/mol. The third kappa shape index (κ3) is 1.07. The average molecular weight is 190 g/mol. The number of hydrogen-bond acceptors (Lipinski definition) is 4. The molecule has 0 aliphatic carbocycles. The van der Waals surface area contributed by atoms with Crippen LogP contribution in [0.2, 0.25) is 0 Å². The summed E-state index contributed by atoms with van der Waals surface area (Å²) in [4.78, 5) is 7.50. The van der Waals surface area contributed by atoms with Gasteiger partial charge in [0.15, 0.2) is 0 Å². The zero-order chi connectivity index (χ0) is 9.42. The first-order chi connectivity index (χ1) is 6.24. The second-order valence-electron chi connectivity index (χ2n) is 2.71. The Kier molecular flexibility index (Phi) is 1.71. The van der Waals surface area contributed by atoms with Gasteiger partial charge in [-0.25, -0.2) is 0 Å². The van der Waals surface area contributed by atoms with E-state index in [0.29, 0.717) is 5.82 Å². The fraction of sp³-hybridized carbons (Fsp3) is 0.250. The maximum absolute atomic E-state index is 6.93. The molecule has 2 aromatic heterocycles. The zero-order valence-electron chi connectivity index (χ0n) is 7.20. The average Bonchev–Trinajstić information content (AvgIpc) is 2.60. The van der Waals surface area contributed by atoms with Crippen LogP contribution in [-0.4, -0.2) is 14.6 Å². The minimum atomic E-state index is 0.428. The molecule has 64 valence electrons. The van der Waals surface area contributed by atoms with Crippen molar-refractivity contribution in [1.29, 1.82) is 0 Å². The third-order valence-corrected chi connectivity index (χ3v) is 2.72. The summed E-state index contributed by atoms with van der Waals surface area (Å²) in [5, 5.41) is 3.97. The van der Waals surface area contributed by atoms with E-state index in [9.17, 15) is 0 Å². The molecule has 13 heavy (non-hydrogen) atoms. The molecule has 0 fully saturated rings. The lowest BCUT2D eigenvalue weighted by Gasteiger charge is -1.96. The van der Waals surface area contributed by atoms with Crippen molar-refractivity contribution < 1.29 is 0 Å². The van der Waals surface area contributed by atoms with Crippen LogP contribution in [0.1, 0.15) is 11.3 Å². The van der Waals surface area contributed by atoms with Crippen molar-refractivity contribution in [3.63, 3.8) is 0 Å². The van der Waals surface area contributed by atoms with E-state index in [1.165, 1.54) is 11.5 Å². The molecule has 0 radical (unpaired) electrons. The topological polar surface area (TPSA) is 43.0 Å². The summed E-state index contributed by atoms with van der Waals surface area (Å²) in [7, 11) is 0. The van der Waals surface area contributed by atoms with Crippen LogP contribution in [-0.2, 0) is 0 Å². The van der Waals surface area contributed by atoms with Gasteiger partial charge in [0.25, 0.3) is 5.82 Å².